The van der Waals surface area contributed by atoms with Gasteiger partial charge in [-0.1, -0.05) is 33.3 Å². The van der Waals surface area contributed by atoms with E-state index in [1.807, 2.05) is 13.8 Å². The van der Waals surface area contributed by atoms with E-state index in [4.69, 9.17) is 4.74 Å². The molecule has 3 aliphatic heterocycles. The molecule has 1 aromatic carbocycles. The molecular weight excluding hydrogens is 457 g/mol. The molecular formula is C24H32N3O6P. The summed E-state index contributed by atoms with van der Waals surface area (Å²) in [5.74, 6) is -2.61. The van der Waals surface area contributed by atoms with Crippen LogP contribution in [0.4, 0.5) is 0 Å². The van der Waals surface area contributed by atoms with Crippen LogP contribution >= 0.6 is 8.58 Å². The Morgan fingerprint density at radius 1 is 1.24 bits per heavy atom. The normalized spacial score (nSPS) is 24.3. The highest BCUT2D eigenvalue weighted by Gasteiger charge is 2.51. The lowest BCUT2D eigenvalue weighted by atomic mass is 9.90. The molecule has 0 aliphatic carbocycles. The van der Waals surface area contributed by atoms with Crippen LogP contribution < -0.4 is 15.4 Å². The Balaban J connectivity index is 0.00000103. The van der Waals surface area contributed by atoms with Crippen LogP contribution in [0.1, 0.15) is 74.6 Å². The summed E-state index contributed by atoms with van der Waals surface area (Å²) in [6, 6.07) is 3.50. The highest BCUT2D eigenvalue weighted by molar-refractivity contribution is 7.49. The molecule has 0 radical (unpaired) electrons. The molecule has 3 unspecified atom stereocenters. The zero-order valence-corrected chi connectivity index (χ0v) is 21.2. The Morgan fingerprint density at radius 2 is 1.88 bits per heavy atom. The van der Waals surface area contributed by atoms with Gasteiger partial charge in [-0.25, -0.2) is 0 Å². The van der Waals surface area contributed by atoms with Gasteiger partial charge in [-0.05, 0) is 38.6 Å². The largest absolute Gasteiger partial charge is 0.483 e. The zero-order valence-electron chi connectivity index (χ0n) is 20.2. The van der Waals surface area contributed by atoms with Crippen molar-refractivity contribution in [2.24, 2.45) is 0 Å². The number of amides is 5. The van der Waals surface area contributed by atoms with E-state index in [9.17, 15) is 24.0 Å². The Kier molecular flexibility index (Phi) is 7.46. The van der Waals surface area contributed by atoms with E-state index >= 15 is 0 Å². The van der Waals surface area contributed by atoms with E-state index in [1.54, 1.807) is 6.07 Å². The Labute approximate surface area is 201 Å². The number of hydrogen-bond acceptors (Lipinski definition) is 6. The monoisotopic (exact) mass is 489 g/mol. The third kappa shape index (κ3) is 4.99. The molecule has 2 fully saturated rings. The number of ether oxygens (including phenoxy) is 1. The molecule has 2 N–H and O–H groups in total. The van der Waals surface area contributed by atoms with Gasteiger partial charge in [0, 0.05) is 17.1 Å². The number of fused-ring (bicyclic) bond motifs is 1. The smallest absolute Gasteiger partial charge is 0.266 e. The second kappa shape index (κ2) is 9.82. The summed E-state index contributed by atoms with van der Waals surface area (Å²) in [6.07, 6.45) is 2.44. The molecule has 4 rings (SSSR count). The fourth-order valence-electron chi connectivity index (χ4n) is 3.84. The third-order valence-electron chi connectivity index (χ3n) is 6.33. The summed E-state index contributed by atoms with van der Waals surface area (Å²) < 4.78 is 5.62. The summed E-state index contributed by atoms with van der Waals surface area (Å²) in [7, 11) is 0.800. The summed E-state index contributed by atoms with van der Waals surface area (Å²) in [5, 5.41) is 5.23. The number of benzene rings is 1. The van der Waals surface area contributed by atoms with Crippen molar-refractivity contribution in [2.45, 2.75) is 70.6 Å². The summed E-state index contributed by atoms with van der Waals surface area (Å²) >= 11 is 0. The molecule has 2 saturated heterocycles. The molecule has 34 heavy (non-hydrogen) atoms. The first-order valence-corrected chi connectivity index (χ1v) is 12.7. The second-order valence-electron chi connectivity index (χ2n) is 9.48. The van der Waals surface area contributed by atoms with Crippen molar-refractivity contribution in [3.05, 3.63) is 29.3 Å². The number of piperidine rings is 1. The Morgan fingerprint density at radius 3 is 2.47 bits per heavy atom. The zero-order chi connectivity index (χ0) is 25.3. The van der Waals surface area contributed by atoms with Crippen molar-refractivity contribution >= 4 is 38.1 Å². The molecule has 1 aromatic rings. The number of carbonyl (C=O) groups excluding carboxylic acids is 5. The van der Waals surface area contributed by atoms with Crippen LogP contribution in [-0.2, 0) is 14.4 Å². The number of imide groups is 2. The second-order valence-corrected chi connectivity index (χ2v) is 11.3. The van der Waals surface area contributed by atoms with Crippen molar-refractivity contribution in [1.82, 2.24) is 15.5 Å². The molecule has 9 nitrogen and oxygen atoms in total. The third-order valence-corrected chi connectivity index (χ3v) is 8.37. The summed E-state index contributed by atoms with van der Waals surface area (Å²) in [6.45, 7) is 10.0. The number of nitrogens with one attached hydrogen (secondary N) is 2. The SMILES string of the molecule is CC(C)(NC(=O)COc1cccc2c1C(=O)N(C1CCC(=O)NC1=O)C2=O)C1(C)CP1.CCC. The Hall–Kier alpha value is -2.80. The van der Waals surface area contributed by atoms with Gasteiger partial charge in [0.15, 0.2) is 6.61 Å². The lowest BCUT2D eigenvalue weighted by Gasteiger charge is -2.32. The van der Waals surface area contributed by atoms with Gasteiger partial charge in [0.05, 0.1) is 11.1 Å². The molecule has 0 saturated carbocycles. The predicted octanol–water partition coefficient (Wildman–Crippen LogP) is 2.23. The maximum absolute atomic E-state index is 13.0. The van der Waals surface area contributed by atoms with Gasteiger partial charge < -0.3 is 10.1 Å². The minimum absolute atomic E-state index is 0.0277. The van der Waals surface area contributed by atoms with Crippen LogP contribution in [0.5, 0.6) is 5.75 Å². The maximum atomic E-state index is 13.0. The van der Waals surface area contributed by atoms with E-state index in [0.717, 1.165) is 19.6 Å². The topological polar surface area (TPSA) is 122 Å². The molecule has 10 heteroatoms. The molecule has 0 aromatic heterocycles. The van der Waals surface area contributed by atoms with Crippen molar-refractivity contribution in [3.8, 4) is 5.75 Å². The van der Waals surface area contributed by atoms with Gasteiger partial charge in [0.2, 0.25) is 11.8 Å². The first kappa shape index (κ1) is 25.8. The molecule has 184 valence electrons. The lowest BCUT2D eigenvalue weighted by Crippen LogP contribution is -2.54. The molecule has 3 aliphatic rings. The first-order valence-electron chi connectivity index (χ1n) is 11.5. The van der Waals surface area contributed by atoms with Crippen LogP contribution in [-0.4, -0.2) is 63.9 Å². The minimum atomic E-state index is -1.05. The number of rotatable bonds is 6. The lowest BCUT2D eigenvalue weighted by molar-refractivity contribution is -0.136. The number of hydrogen-bond donors (Lipinski definition) is 2. The molecule has 3 heterocycles. The van der Waals surface area contributed by atoms with Crippen molar-refractivity contribution < 1.29 is 28.7 Å². The van der Waals surface area contributed by atoms with Crippen LogP contribution in [0.2, 0.25) is 0 Å². The minimum Gasteiger partial charge on any atom is -0.483 e. The number of carbonyl (C=O) groups is 5. The predicted molar refractivity (Wildman–Crippen MR) is 128 cm³/mol. The fraction of sp³-hybridized carbons (Fsp3) is 0.542. The first-order chi connectivity index (χ1) is 16.0. The average Bonchev–Trinajstić information content (AvgIpc) is 3.47. The van der Waals surface area contributed by atoms with E-state index in [2.05, 4.69) is 31.4 Å². The average molecular weight is 490 g/mol. The van der Waals surface area contributed by atoms with Crippen molar-refractivity contribution in [3.63, 3.8) is 0 Å². The van der Waals surface area contributed by atoms with E-state index in [0.29, 0.717) is 0 Å². The van der Waals surface area contributed by atoms with Gasteiger partial charge in [-0.3, -0.25) is 34.2 Å². The van der Waals surface area contributed by atoms with Gasteiger partial charge in [0.25, 0.3) is 17.7 Å². The molecule has 0 bridgehead atoms. The van der Waals surface area contributed by atoms with Crippen LogP contribution in [0, 0.1) is 0 Å². The van der Waals surface area contributed by atoms with E-state index in [1.165, 1.54) is 18.6 Å². The standard InChI is InChI=1S/C21H24N3O6P.C3H8/c1-20(2,21(3)10-31-21)23-15(26)9-30-13-6-4-5-11-16(13)19(29)24(18(11)28)12-7-8-14(25)22-17(12)27;1-3-2/h4-6,12,31H,7-10H2,1-3H3,(H,23,26)(H,22,25,27);3H2,1-2H3. The Bertz CT molecular complexity index is 1030. The number of nitrogens with zero attached hydrogens (tertiary/aromatic N) is 1. The summed E-state index contributed by atoms with van der Waals surface area (Å²) in [4.78, 5) is 62.8. The van der Waals surface area contributed by atoms with Gasteiger partial charge >= 0.3 is 0 Å². The van der Waals surface area contributed by atoms with E-state index in [-0.39, 0.29) is 52.9 Å². The van der Waals surface area contributed by atoms with Crippen LogP contribution in [0.15, 0.2) is 18.2 Å². The molecule has 0 spiro atoms. The van der Waals surface area contributed by atoms with E-state index < -0.39 is 29.7 Å². The molecule has 5 amide bonds. The highest BCUT2D eigenvalue weighted by atomic mass is 31.1. The van der Waals surface area contributed by atoms with Gasteiger partial charge in [-0.15, -0.1) is 8.58 Å². The molecule has 3 atom stereocenters. The highest BCUT2D eigenvalue weighted by Crippen LogP contribution is 2.57. The van der Waals surface area contributed by atoms with Crippen molar-refractivity contribution in [2.75, 3.05) is 12.8 Å². The van der Waals surface area contributed by atoms with Crippen LogP contribution in [0.3, 0.4) is 0 Å². The van der Waals surface area contributed by atoms with Crippen LogP contribution in [0.25, 0.3) is 0 Å². The summed E-state index contributed by atoms with van der Waals surface area (Å²) in [5.41, 5.74) is -0.238. The maximum Gasteiger partial charge on any atom is 0.266 e. The van der Waals surface area contributed by atoms with Gasteiger partial charge in [-0.2, -0.15) is 0 Å². The van der Waals surface area contributed by atoms with Gasteiger partial charge in [0.1, 0.15) is 11.8 Å². The quantitative estimate of drug-likeness (QED) is 0.467. The fourth-order valence-corrected chi connectivity index (χ4v) is 5.06. The van der Waals surface area contributed by atoms with Crippen molar-refractivity contribution in [1.29, 1.82) is 0 Å².